The van der Waals surface area contributed by atoms with Gasteiger partial charge >= 0.3 is 6.18 Å². The largest absolute Gasteiger partial charge is 0.418 e. The summed E-state index contributed by atoms with van der Waals surface area (Å²) in [4.78, 5) is 31.6. The first kappa shape index (κ1) is 19.2. The monoisotopic (exact) mass is 401 g/mol. The van der Waals surface area contributed by atoms with Crippen LogP contribution < -0.4 is 10.2 Å². The second kappa shape index (κ2) is 7.35. The standard InChI is InChI=1S/C21H18F3N3O2/c22-21(23,24)14-7-1-2-8-16(14)26-19(28)12-27-18-11-4-3-9-17(18)25-15-10-5-6-13(15)20(27)29/h1-4,7-9,11,13H,5-6,10,12H2,(H,26,28)/t13-/m1/s1. The molecule has 2 aliphatic rings. The summed E-state index contributed by atoms with van der Waals surface area (Å²) in [5.74, 6) is -1.34. The summed E-state index contributed by atoms with van der Waals surface area (Å²) < 4.78 is 39.6. The molecule has 5 nitrogen and oxygen atoms in total. The molecular weight excluding hydrogens is 383 g/mol. The highest BCUT2D eigenvalue weighted by Gasteiger charge is 2.37. The topological polar surface area (TPSA) is 61.8 Å². The van der Waals surface area contributed by atoms with E-state index < -0.39 is 23.6 Å². The number of para-hydroxylation sites is 3. The van der Waals surface area contributed by atoms with E-state index in [-0.39, 0.29) is 18.1 Å². The van der Waals surface area contributed by atoms with Crippen LogP contribution in [-0.4, -0.2) is 24.1 Å². The lowest BCUT2D eigenvalue weighted by Gasteiger charge is -2.24. The van der Waals surface area contributed by atoms with Crippen molar-refractivity contribution in [1.82, 2.24) is 0 Å². The van der Waals surface area contributed by atoms with Gasteiger partial charge in [0.25, 0.3) is 0 Å². The van der Waals surface area contributed by atoms with Crippen molar-refractivity contribution in [3.8, 4) is 0 Å². The molecule has 0 aromatic heterocycles. The number of amides is 2. The van der Waals surface area contributed by atoms with E-state index in [4.69, 9.17) is 0 Å². The van der Waals surface area contributed by atoms with Crippen molar-refractivity contribution >= 4 is 34.6 Å². The van der Waals surface area contributed by atoms with E-state index in [0.717, 1.165) is 24.6 Å². The highest BCUT2D eigenvalue weighted by Crippen LogP contribution is 2.38. The summed E-state index contributed by atoms with van der Waals surface area (Å²) in [6, 6.07) is 11.7. The van der Waals surface area contributed by atoms with Gasteiger partial charge in [-0.25, -0.2) is 0 Å². The number of fused-ring (bicyclic) bond motifs is 2. The molecule has 4 rings (SSSR count). The van der Waals surface area contributed by atoms with Crippen LogP contribution >= 0.6 is 0 Å². The molecular formula is C21H18F3N3O2. The molecule has 1 fully saturated rings. The molecule has 0 saturated heterocycles. The molecule has 2 aromatic carbocycles. The number of halogens is 3. The number of hydrogen-bond acceptors (Lipinski definition) is 3. The molecule has 1 heterocycles. The molecule has 2 amide bonds. The van der Waals surface area contributed by atoms with Crippen molar-refractivity contribution in [2.24, 2.45) is 10.9 Å². The fraction of sp³-hybridized carbons (Fsp3) is 0.286. The van der Waals surface area contributed by atoms with Crippen molar-refractivity contribution < 1.29 is 22.8 Å². The third-order valence-electron chi connectivity index (χ3n) is 5.14. The van der Waals surface area contributed by atoms with Crippen LogP contribution in [0.5, 0.6) is 0 Å². The summed E-state index contributed by atoms with van der Waals surface area (Å²) in [6.45, 7) is -0.388. The Hall–Kier alpha value is -3.16. The molecule has 8 heteroatoms. The fourth-order valence-electron chi connectivity index (χ4n) is 3.81. The van der Waals surface area contributed by atoms with E-state index in [1.165, 1.54) is 23.1 Å². The number of aliphatic imine (C=N–C) groups is 1. The number of hydrogen-bond donors (Lipinski definition) is 1. The van der Waals surface area contributed by atoms with Gasteiger partial charge in [-0.1, -0.05) is 24.3 Å². The molecule has 1 aliphatic heterocycles. The van der Waals surface area contributed by atoms with Crippen molar-refractivity contribution in [3.05, 3.63) is 54.1 Å². The summed E-state index contributed by atoms with van der Waals surface area (Å²) >= 11 is 0. The lowest BCUT2D eigenvalue weighted by atomic mass is 10.1. The van der Waals surface area contributed by atoms with Crippen molar-refractivity contribution in [3.63, 3.8) is 0 Å². The predicted molar refractivity (Wildman–Crippen MR) is 103 cm³/mol. The molecule has 1 aliphatic carbocycles. The molecule has 0 spiro atoms. The second-order valence-corrected chi connectivity index (χ2v) is 7.05. The van der Waals surface area contributed by atoms with Crippen LogP contribution in [-0.2, 0) is 15.8 Å². The SMILES string of the molecule is O=C(CN1C(=O)[C@@H]2CCCC2=Nc2ccccc21)Nc1ccccc1C(F)(F)F. The zero-order valence-electron chi connectivity index (χ0n) is 15.4. The summed E-state index contributed by atoms with van der Waals surface area (Å²) in [6.07, 6.45) is -2.37. The Labute approximate surface area is 165 Å². The van der Waals surface area contributed by atoms with Crippen LogP contribution in [0, 0.1) is 5.92 Å². The maximum atomic E-state index is 13.2. The minimum absolute atomic E-state index is 0.245. The van der Waals surface area contributed by atoms with Crippen LogP contribution in [0.2, 0.25) is 0 Å². The van der Waals surface area contributed by atoms with Gasteiger partial charge in [0.2, 0.25) is 11.8 Å². The van der Waals surface area contributed by atoms with Gasteiger partial charge in [0, 0.05) is 5.71 Å². The predicted octanol–water partition coefficient (Wildman–Crippen LogP) is 4.56. The van der Waals surface area contributed by atoms with Crippen LogP contribution in [0.25, 0.3) is 0 Å². The molecule has 2 aromatic rings. The van der Waals surface area contributed by atoms with Gasteiger partial charge in [0.05, 0.1) is 28.5 Å². The van der Waals surface area contributed by atoms with Crippen molar-refractivity contribution in [1.29, 1.82) is 0 Å². The Bertz CT molecular complexity index is 1000. The number of nitrogens with zero attached hydrogens (tertiary/aromatic N) is 2. The number of carbonyl (C=O) groups excluding carboxylic acids is 2. The summed E-state index contributed by atoms with van der Waals surface area (Å²) in [7, 11) is 0. The van der Waals surface area contributed by atoms with Crippen LogP contribution in [0.1, 0.15) is 24.8 Å². The maximum absolute atomic E-state index is 13.2. The van der Waals surface area contributed by atoms with Crippen LogP contribution in [0.4, 0.5) is 30.2 Å². The zero-order chi connectivity index (χ0) is 20.6. The van der Waals surface area contributed by atoms with E-state index in [9.17, 15) is 22.8 Å². The Morgan fingerprint density at radius 1 is 1.14 bits per heavy atom. The highest BCUT2D eigenvalue weighted by atomic mass is 19.4. The first-order valence-corrected chi connectivity index (χ1v) is 9.28. The highest BCUT2D eigenvalue weighted by molar-refractivity contribution is 6.16. The van der Waals surface area contributed by atoms with Gasteiger partial charge in [-0.3, -0.25) is 14.6 Å². The van der Waals surface area contributed by atoms with Crippen molar-refractivity contribution in [2.45, 2.75) is 25.4 Å². The average molecular weight is 401 g/mol. The molecule has 0 radical (unpaired) electrons. The van der Waals surface area contributed by atoms with Gasteiger partial charge < -0.3 is 10.2 Å². The normalized spacial score (nSPS) is 18.6. The first-order valence-electron chi connectivity index (χ1n) is 9.28. The zero-order valence-corrected chi connectivity index (χ0v) is 15.4. The third kappa shape index (κ3) is 3.74. The van der Waals surface area contributed by atoms with E-state index in [0.29, 0.717) is 17.8 Å². The van der Waals surface area contributed by atoms with Gasteiger partial charge in [0.15, 0.2) is 0 Å². The van der Waals surface area contributed by atoms with Gasteiger partial charge in [-0.2, -0.15) is 13.2 Å². The van der Waals surface area contributed by atoms with E-state index >= 15 is 0 Å². The molecule has 150 valence electrons. The quantitative estimate of drug-likeness (QED) is 0.819. The molecule has 29 heavy (non-hydrogen) atoms. The lowest BCUT2D eigenvalue weighted by Crippen LogP contribution is -2.42. The number of nitrogens with one attached hydrogen (secondary N) is 1. The minimum atomic E-state index is -4.60. The fourth-order valence-corrected chi connectivity index (χ4v) is 3.81. The number of alkyl halides is 3. The van der Waals surface area contributed by atoms with E-state index in [2.05, 4.69) is 10.3 Å². The third-order valence-corrected chi connectivity index (χ3v) is 5.14. The molecule has 1 saturated carbocycles. The Kier molecular flexibility index (Phi) is 4.86. The molecule has 1 N–H and O–H groups in total. The van der Waals surface area contributed by atoms with Gasteiger partial charge in [-0.15, -0.1) is 0 Å². The summed E-state index contributed by atoms with van der Waals surface area (Å²) in [5, 5.41) is 2.31. The number of carbonyl (C=O) groups is 2. The Morgan fingerprint density at radius 2 is 1.86 bits per heavy atom. The Morgan fingerprint density at radius 3 is 2.66 bits per heavy atom. The molecule has 1 atom stereocenters. The van der Waals surface area contributed by atoms with Gasteiger partial charge in [0.1, 0.15) is 6.54 Å². The van der Waals surface area contributed by atoms with Crippen LogP contribution in [0.3, 0.4) is 0 Å². The Balaban J connectivity index is 1.61. The number of rotatable bonds is 3. The summed E-state index contributed by atoms with van der Waals surface area (Å²) in [5.41, 5.74) is 0.603. The number of benzene rings is 2. The molecule has 0 bridgehead atoms. The first-order chi connectivity index (χ1) is 13.8. The minimum Gasteiger partial charge on any atom is -0.324 e. The van der Waals surface area contributed by atoms with Crippen molar-refractivity contribution in [2.75, 3.05) is 16.8 Å². The number of anilines is 2. The van der Waals surface area contributed by atoms with E-state index in [1.54, 1.807) is 24.3 Å². The smallest absolute Gasteiger partial charge is 0.324 e. The average Bonchev–Trinajstić information content (AvgIpc) is 3.10. The second-order valence-electron chi connectivity index (χ2n) is 7.05. The maximum Gasteiger partial charge on any atom is 0.418 e. The van der Waals surface area contributed by atoms with Crippen LogP contribution in [0.15, 0.2) is 53.5 Å². The molecule has 0 unspecified atom stereocenters. The van der Waals surface area contributed by atoms with E-state index in [1.807, 2.05) is 0 Å². The van der Waals surface area contributed by atoms with Gasteiger partial charge in [-0.05, 0) is 43.5 Å². The lowest BCUT2D eigenvalue weighted by molar-refractivity contribution is -0.137.